The normalized spacial score (nSPS) is 18.3. The van der Waals surface area contributed by atoms with Gasteiger partial charge in [0.05, 0.1) is 0 Å². The Hall–Kier alpha value is -2.31. The minimum absolute atomic E-state index is 0.0653. The highest BCUT2D eigenvalue weighted by molar-refractivity contribution is 6.30. The van der Waals surface area contributed by atoms with Crippen molar-refractivity contribution in [1.82, 2.24) is 19.1 Å². The fourth-order valence-electron chi connectivity index (χ4n) is 3.77. The van der Waals surface area contributed by atoms with E-state index in [1.54, 1.807) is 15.3 Å². The largest absolute Gasteiger partial charge is 0.369 e. The van der Waals surface area contributed by atoms with Crippen molar-refractivity contribution in [3.8, 4) is 0 Å². The van der Waals surface area contributed by atoms with Crippen molar-refractivity contribution in [1.29, 1.82) is 0 Å². The topological polar surface area (TPSA) is 45.8 Å². The van der Waals surface area contributed by atoms with E-state index in [2.05, 4.69) is 27.9 Å². The van der Waals surface area contributed by atoms with Crippen LogP contribution in [-0.2, 0) is 6.54 Å². The zero-order valence-electron chi connectivity index (χ0n) is 15.5. The zero-order chi connectivity index (χ0) is 18.8. The van der Waals surface area contributed by atoms with Crippen LogP contribution in [0, 0.1) is 0 Å². The lowest BCUT2D eigenvalue weighted by Gasteiger charge is -2.41. The second-order valence-corrected chi connectivity index (χ2v) is 7.54. The predicted octanol–water partition coefficient (Wildman–Crippen LogP) is 2.75. The van der Waals surface area contributed by atoms with Gasteiger partial charge in [0.2, 0.25) is 0 Å². The van der Waals surface area contributed by atoms with Gasteiger partial charge in [-0.15, -0.1) is 5.10 Å². The van der Waals surface area contributed by atoms with E-state index < -0.39 is 0 Å². The van der Waals surface area contributed by atoms with Crippen LogP contribution in [0.3, 0.4) is 0 Å². The van der Waals surface area contributed by atoms with Crippen LogP contribution in [0.2, 0.25) is 5.02 Å². The van der Waals surface area contributed by atoms with Crippen LogP contribution >= 0.6 is 11.6 Å². The van der Waals surface area contributed by atoms with Crippen LogP contribution in [0.5, 0.6) is 0 Å². The molecule has 4 rings (SSSR count). The van der Waals surface area contributed by atoms with Crippen molar-refractivity contribution in [2.24, 2.45) is 0 Å². The number of aromatic nitrogens is 3. The van der Waals surface area contributed by atoms with Gasteiger partial charge in [-0.1, -0.05) is 23.7 Å². The quantitative estimate of drug-likeness (QED) is 0.677. The molecule has 0 unspecified atom stereocenters. The second kappa shape index (κ2) is 7.74. The molecule has 27 heavy (non-hydrogen) atoms. The Bertz CT molecular complexity index is 982. The molecule has 1 atom stereocenters. The second-order valence-electron chi connectivity index (χ2n) is 7.10. The molecule has 2 aromatic heterocycles. The van der Waals surface area contributed by atoms with Crippen molar-refractivity contribution < 1.29 is 0 Å². The fourth-order valence-corrected chi connectivity index (χ4v) is 3.96. The number of fused-ring (bicyclic) bond motifs is 1. The summed E-state index contributed by atoms with van der Waals surface area (Å²) in [5.74, 6) is 0. The summed E-state index contributed by atoms with van der Waals surface area (Å²) in [6, 6.07) is 14.1. The molecule has 7 heteroatoms. The molecule has 0 amide bonds. The summed E-state index contributed by atoms with van der Waals surface area (Å²) in [6.45, 7) is 6.84. The van der Waals surface area contributed by atoms with E-state index in [1.807, 2.05) is 36.4 Å². The summed E-state index contributed by atoms with van der Waals surface area (Å²) >= 11 is 6.13. The smallest absolute Gasteiger partial charge is 0.350 e. The number of halogens is 1. The number of aryl methyl sites for hydroxylation is 1. The van der Waals surface area contributed by atoms with Crippen molar-refractivity contribution in [2.45, 2.75) is 25.9 Å². The van der Waals surface area contributed by atoms with Gasteiger partial charge in [-0.3, -0.25) is 9.30 Å². The highest BCUT2D eigenvalue weighted by Crippen LogP contribution is 2.22. The third-order valence-electron chi connectivity index (χ3n) is 5.24. The van der Waals surface area contributed by atoms with Crippen LogP contribution in [-0.4, -0.2) is 51.3 Å². The third-order valence-corrected chi connectivity index (χ3v) is 5.48. The average Bonchev–Trinajstić information content (AvgIpc) is 2.99. The van der Waals surface area contributed by atoms with Crippen LogP contribution in [0.4, 0.5) is 5.69 Å². The summed E-state index contributed by atoms with van der Waals surface area (Å²) in [5, 5.41) is 5.18. The van der Waals surface area contributed by atoms with Crippen molar-refractivity contribution in [3.05, 3.63) is 64.2 Å². The molecule has 0 spiro atoms. The minimum Gasteiger partial charge on any atom is -0.369 e. The van der Waals surface area contributed by atoms with Crippen LogP contribution in [0.1, 0.15) is 13.3 Å². The Morgan fingerprint density at radius 3 is 2.81 bits per heavy atom. The molecule has 1 aromatic carbocycles. The fraction of sp³-hybridized carbons (Fsp3) is 0.400. The predicted molar refractivity (Wildman–Crippen MR) is 109 cm³/mol. The van der Waals surface area contributed by atoms with Gasteiger partial charge in [0.1, 0.15) is 0 Å². The molecule has 1 aliphatic rings. The van der Waals surface area contributed by atoms with Gasteiger partial charge in [0, 0.05) is 55.7 Å². The van der Waals surface area contributed by atoms with E-state index in [0.717, 1.165) is 37.6 Å². The molecule has 0 bridgehead atoms. The molecule has 1 fully saturated rings. The van der Waals surface area contributed by atoms with E-state index in [-0.39, 0.29) is 5.69 Å². The monoisotopic (exact) mass is 385 g/mol. The number of benzene rings is 1. The number of pyridine rings is 1. The lowest BCUT2D eigenvalue weighted by Crippen LogP contribution is -2.52. The molecule has 1 aliphatic heterocycles. The molecular weight excluding hydrogens is 362 g/mol. The summed E-state index contributed by atoms with van der Waals surface area (Å²) in [5.41, 5.74) is 1.82. The lowest BCUT2D eigenvalue weighted by molar-refractivity contribution is 0.183. The molecule has 1 saturated heterocycles. The van der Waals surface area contributed by atoms with E-state index >= 15 is 0 Å². The summed E-state index contributed by atoms with van der Waals surface area (Å²) in [4.78, 5) is 17.2. The van der Waals surface area contributed by atoms with Crippen molar-refractivity contribution in [2.75, 3.05) is 31.1 Å². The number of anilines is 1. The molecular formula is C20H24ClN5O. The van der Waals surface area contributed by atoms with Gasteiger partial charge in [0.25, 0.3) is 0 Å². The molecule has 3 aromatic rings. The molecule has 0 aliphatic carbocycles. The third kappa shape index (κ3) is 3.87. The van der Waals surface area contributed by atoms with Crippen molar-refractivity contribution >= 4 is 22.9 Å². The number of piperazine rings is 1. The molecule has 0 N–H and O–H groups in total. The van der Waals surface area contributed by atoms with E-state index in [4.69, 9.17) is 11.6 Å². The Balaban J connectivity index is 1.33. The first kappa shape index (κ1) is 18.1. The van der Waals surface area contributed by atoms with Gasteiger partial charge >= 0.3 is 5.69 Å². The molecule has 6 nitrogen and oxygen atoms in total. The van der Waals surface area contributed by atoms with Gasteiger partial charge < -0.3 is 4.90 Å². The number of nitrogens with zero attached hydrogens (tertiary/aromatic N) is 5. The first-order chi connectivity index (χ1) is 13.1. The Morgan fingerprint density at radius 2 is 2.04 bits per heavy atom. The van der Waals surface area contributed by atoms with E-state index in [0.29, 0.717) is 18.2 Å². The van der Waals surface area contributed by atoms with E-state index in [9.17, 15) is 4.79 Å². The molecule has 3 heterocycles. The lowest BCUT2D eigenvalue weighted by atomic mass is 10.1. The number of hydrogen-bond donors (Lipinski definition) is 0. The van der Waals surface area contributed by atoms with Gasteiger partial charge in [-0.05, 0) is 43.7 Å². The highest BCUT2D eigenvalue weighted by Gasteiger charge is 2.23. The van der Waals surface area contributed by atoms with E-state index in [1.165, 1.54) is 5.69 Å². The standard InChI is InChI=1S/C20H24ClN5O/c1-16-15-24(18-7-4-6-17(21)14-18)13-12-23(16)9-5-11-26-20(27)25-10-3-2-8-19(25)22-26/h2-4,6-8,10,14,16H,5,9,11-13,15H2,1H3/t16-/m0/s1. The molecule has 142 valence electrons. The Morgan fingerprint density at radius 1 is 1.15 bits per heavy atom. The summed E-state index contributed by atoms with van der Waals surface area (Å²) in [7, 11) is 0. The van der Waals surface area contributed by atoms with Crippen LogP contribution < -0.4 is 10.6 Å². The average molecular weight is 386 g/mol. The zero-order valence-corrected chi connectivity index (χ0v) is 16.2. The minimum atomic E-state index is -0.0653. The van der Waals surface area contributed by atoms with Crippen molar-refractivity contribution in [3.63, 3.8) is 0 Å². The number of hydrogen-bond acceptors (Lipinski definition) is 4. The maximum atomic E-state index is 12.3. The molecule has 0 saturated carbocycles. The Labute approximate surface area is 163 Å². The molecule has 0 radical (unpaired) electrons. The Kier molecular flexibility index (Phi) is 5.18. The maximum absolute atomic E-state index is 12.3. The SMILES string of the molecule is C[C@H]1CN(c2cccc(Cl)c2)CCN1CCCn1nc2ccccn2c1=O. The summed E-state index contributed by atoms with van der Waals surface area (Å²) in [6.07, 6.45) is 2.67. The van der Waals surface area contributed by atoms with Gasteiger partial charge in [0.15, 0.2) is 5.65 Å². The number of rotatable bonds is 5. The van der Waals surface area contributed by atoms with Crippen LogP contribution in [0.25, 0.3) is 5.65 Å². The first-order valence-electron chi connectivity index (χ1n) is 9.40. The van der Waals surface area contributed by atoms with Gasteiger partial charge in [-0.25, -0.2) is 9.48 Å². The van der Waals surface area contributed by atoms with Gasteiger partial charge in [-0.2, -0.15) is 0 Å². The first-order valence-corrected chi connectivity index (χ1v) is 9.78. The van der Waals surface area contributed by atoms with Crippen LogP contribution in [0.15, 0.2) is 53.5 Å². The maximum Gasteiger partial charge on any atom is 0.350 e. The summed E-state index contributed by atoms with van der Waals surface area (Å²) < 4.78 is 3.16. The highest BCUT2D eigenvalue weighted by atomic mass is 35.5.